The van der Waals surface area contributed by atoms with Gasteiger partial charge in [0, 0.05) is 27.3 Å². The monoisotopic (exact) mass is 463 g/mol. The van der Waals surface area contributed by atoms with Crippen molar-refractivity contribution in [3.05, 3.63) is 56.6 Å². The molecule has 0 atom stereocenters. The van der Waals surface area contributed by atoms with Crippen molar-refractivity contribution in [3.8, 4) is 11.5 Å². The molecular formula is C18H22Cl2N2O6P+. The summed E-state index contributed by atoms with van der Waals surface area (Å²) < 4.78 is 14.5. The number of hydrogen-bond acceptors (Lipinski definition) is 5. The van der Waals surface area contributed by atoms with Crippen LogP contribution in [-0.4, -0.2) is 20.2 Å². The number of nitro groups is 1. The molecule has 0 unspecified atom stereocenters. The molecule has 3 N–H and O–H groups in total. The number of nitro benzene ring substituents is 1. The molecule has 158 valence electrons. The summed E-state index contributed by atoms with van der Waals surface area (Å²) in [4.78, 5) is 25.2. The Hall–Kier alpha value is -1.96. The quantitative estimate of drug-likeness (QED) is 0.249. The van der Waals surface area contributed by atoms with Gasteiger partial charge in [-0.3, -0.25) is 10.1 Å². The van der Waals surface area contributed by atoms with E-state index in [-0.39, 0.29) is 11.2 Å². The Balaban J connectivity index is 0.000000960. The van der Waals surface area contributed by atoms with E-state index in [4.69, 9.17) is 42.3 Å². The van der Waals surface area contributed by atoms with Crippen molar-refractivity contribution in [1.82, 2.24) is 0 Å². The van der Waals surface area contributed by atoms with E-state index in [1.807, 2.05) is 20.8 Å². The summed E-state index contributed by atoms with van der Waals surface area (Å²) in [6.07, 6.45) is 1.66. The first-order valence-electron chi connectivity index (χ1n) is 8.55. The van der Waals surface area contributed by atoms with Crippen molar-refractivity contribution in [1.29, 1.82) is 0 Å². The van der Waals surface area contributed by atoms with Gasteiger partial charge in [-0.2, -0.15) is 0 Å². The Labute approximate surface area is 179 Å². The van der Waals surface area contributed by atoms with Crippen LogP contribution in [0.3, 0.4) is 0 Å². The smallest absolute Gasteiger partial charge is 0.456 e. The highest BCUT2D eigenvalue weighted by atomic mass is 35.5. The zero-order valence-electron chi connectivity index (χ0n) is 16.1. The molecule has 0 saturated carbocycles. The number of nitrogens with zero attached hydrogens (tertiary/aromatic N) is 1. The summed E-state index contributed by atoms with van der Waals surface area (Å²) in [6.45, 7) is 6.10. The zero-order valence-corrected chi connectivity index (χ0v) is 18.5. The number of nitrogens with one attached hydrogen (secondary N) is 1. The Kier molecular flexibility index (Phi) is 9.76. The lowest BCUT2D eigenvalue weighted by Gasteiger charge is -2.29. The summed E-state index contributed by atoms with van der Waals surface area (Å²) in [6, 6.07) is 9.48. The van der Waals surface area contributed by atoms with Crippen molar-refractivity contribution in [3.63, 3.8) is 0 Å². The van der Waals surface area contributed by atoms with Gasteiger partial charge in [-0.25, -0.2) is 0 Å². The van der Waals surface area contributed by atoms with Gasteiger partial charge in [0.05, 0.1) is 9.95 Å². The molecule has 0 fully saturated rings. The molecule has 0 bridgehead atoms. The fourth-order valence-electron chi connectivity index (χ4n) is 2.27. The van der Waals surface area contributed by atoms with Gasteiger partial charge >= 0.3 is 8.25 Å². The second-order valence-electron chi connectivity index (χ2n) is 6.26. The average Bonchev–Trinajstić information content (AvgIpc) is 2.63. The molecule has 2 aromatic carbocycles. The molecule has 0 radical (unpaired) electrons. The van der Waals surface area contributed by atoms with E-state index in [0.29, 0.717) is 27.2 Å². The Morgan fingerprint density at radius 1 is 1.17 bits per heavy atom. The van der Waals surface area contributed by atoms with Crippen molar-refractivity contribution in [2.45, 2.75) is 39.2 Å². The SMILES string of the molecule is CCC(C)(CC)Nc1cc(Oc2ccc(Cl)cc2Cl)ccc1[N+](=O)[O-].O=[P+](O)O. The van der Waals surface area contributed by atoms with Gasteiger partial charge in [0.15, 0.2) is 0 Å². The number of ether oxygens (including phenoxy) is 1. The topological polar surface area (TPSA) is 122 Å². The maximum Gasteiger partial charge on any atom is 0.692 e. The first-order valence-corrected chi connectivity index (χ1v) is 10.5. The third kappa shape index (κ3) is 8.12. The highest BCUT2D eigenvalue weighted by Gasteiger charge is 2.24. The molecule has 11 heteroatoms. The van der Waals surface area contributed by atoms with E-state index in [9.17, 15) is 10.1 Å². The van der Waals surface area contributed by atoms with Crippen molar-refractivity contribution in [2.75, 3.05) is 5.32 Å². The minimum absolute atomic E-state index is 0.00248. The molecule has 0 aliphatic heterocycles. The van der Waals surface area contributed by atoms with Crippen LogP contribution in [0.4, 0.5) is 11.4 Å². The molecule has 2 aromatic rings. The molecule has 0 aromatic heterocycles. The van der Waals surface area contributed by atoms with Crippen LogP contribution >= 0.6 is 31.5 Å². The van der Waals surface area contributed by atoms with Crippen molar-refractivity contribution in [2.24, 2.45) is 0 Å². The summed E-state index contributed by atoms with van der Waals surface area (Å²) >= 11 is 12.0. The second kappa shape index (κ2) is 11.3. The summed E-state index contributed by atoms with van der Waals surface area (Å²) in [5.41, 5.74) is 0.169. The molecule has 0 spiro atoms. The van der Waals surface area contributed by atoms with Crippen LogP contribution in [0.15, 0.2) is 36.4 Å². The van der Waals surface area contributed by atoms with Crippen LogP contribution in [0.25, 0.3) is 0 Å². The third-order valence-corrected chi connectivity index (χ3v) is 4.81. The molecule has 0 aliphatic rings. The minimum Gasteiger partial charge on any atom is -0.456 e. The Morgan fingerprint density at radius 2 is 1.76 bits per heavy atom. The molecule has 0 aliphatic carbocycles. The molecule has 0 heterocycles. The highest BCUT2D eigenvalue weighted by molar-refractivity contribution is 7.30. The third-order valence-electron chi connectivity index (χ3n) is 4.28. The van der Waals surface area contributed by atoms with Gasteiger partial charge in [-0.1, -0.05) is 37.0 Å². The van der Waals surface area contributed by atoms with E-state index in [2.05, 4.69) is 5.32 Å². The summed E-state index contributed by atoms with van der Waals surface area (Å²) in [7, 11) is -2.87. The standard InChI is InChI=1S/C18H20Cl2N2O3.HO3P/c1-4-18(3,5-2)21-15-11-13(7-8-16(15)22(23)24)25-17-9-6-12(19)10-14(17)20;1-4(2)3/h6-11,21H,4-5H2,1-3H3;(H-,1,2,3)/p+1. The fraction of sp³-hybridized carbons (Fsp3) is 0.333. The number of anilines is 1. The largest absolute Gasteiger partial charge is 0.692 e. The maximum absolute atomic E-state index is 11.3. The lowest BCUT2D eigenvalue weighted by Crippen LogP contribution is -2.33. The van der Waals surface area contributed by atoms with E-state index >= 15 is 0 Å². The molecule has 0 saturated heterocycles. The van der Waals surface area contributed by atoms with Gasteiger partial charge < -0.3 is 10.1 Å². The van der Waals surface area contributed by atoms with E-state index < -0.39 is 13.2 Å². The van der Waals surface area contributed by atoms with Crippen LogP contribution in [0.5, 0.6) is 11.5 Å². The van der Waals surface area contributed by atoms with Crippen LogP contribution < -0.4 is 10.1 Å². The fourth-order valence-corrected chi connectivity index (χ4v) is 2.72. The van der Waals surface area contributed by atoms with Crippen molar-refractivity contribution >= 4 is 42.8 Å². The van der Waals surface area contributed by atoms with E-state index in [1.165, 1.54) is 6.07 Å². The van der Waals surface area contributed by atoms with Gasteiger partial charge in [0.25, 0.3) is 5.69 Å². The van der Waals surface area contributed by atoms with Crippen LogP contribution in [0.2, 0.25) is 10.0 Å². The predicted molar refractivity (Wildman–Crippen MR) is 114 cm³/mol. The first-order chi connectivity index (χ1) is 13.5. The lowest BCUT2D eigenvalue weighted by molar-refractivity contribution is -0.384. The highest BCUT2D eigenvalue weighted by Crippen LogP contribution is 2.36. The lowest BCUT2D eigenvalue weighted by atomic mass is 9.95. The van der Waals surface area contributed by atoms with Gasteiger partial charge in [-0.05, 0) is 44.0 Å². The molecule has 2 rings (SSSR count). The maximum atomic E-state index is 11.3. The number of halogens is 2. The summed E-state index contributed by atoms with van der Waals surface area (Å²) in [5.74, 6) is 0.881. The van der Waals surface area contributed by atoms with Crippen LogP contribution in [-0.2, 0) is 4.57 Å². The molecular weight excluding hydrogens is 442 g/mol. The van der Waals surface area contributed by atoms with Gasteiger partial charge in [0.2, 0.25) is 0 Å². The average molecular weight is 464 g/mol. The Bertz CT molecular complexity index is 873. The predicted octanol–water partition coefficient (Wildman–Crippen LogP) is 6.31. The second-order valence-corrected chi connectivity index (χ2v) is 7.61. The summed E-state index contributed by atoms with van der Waals surface area (Å²) in [5, 5.41) is 15.5. The van der Waals surface area contributed by atoms with Crippen molar-refractivity contribution < 1.29 is 24.0 Å². The Morgan fingerprint density at radius 3 is 2.24 bits per heavy atom. The normalized spacial score (nSPS) is 10.6. The van der Waals surface area contributed by atoms with Crippen LogP contribution in [0, 0.1) is 10.1 Å². The molecule has 8 nitrogen and oxygen atoms in total. The first kappa shape index (κ1) is 25.1. The zero-order chi connectivity index (χ0) is 22.2. The molecule has 0 amide bonds. The minimum atomic E-state index is -2.87. The van der Waals surface area contributed by atoms with E-state index in [1.54, 1.807) is 30.3 Å². The van der Waals surface area contributed by atoms with Gasteiger partial charge in [-0.15, -0.1) is 9.79 Å². The van der Waals surface area contributed by atoms with Gasteiger partial charge in [0.1, 0.15) is 17.2 Å². The number of benzene rings is 2. The van der Waals surface area contributed by atoms with Crippen LogP contribution in [0.1, 0.15) is 33.6 Å². The number of hydrogen-bond donors (Lipinski definition) is 3. The van der Waals surface area contributed by atoms with E-state index in [0.717, 1.165) is 12.8 Å². The molecule has 29 heavy (non-hydrogen) atoms. The number of rotatable bonds is 7.